The van der Waals surface area contributed by atoms with Crippen molar-refractivity contribution in [3.8, 4) is 0 Å². The number of rotatable bonds is 6. The van der Waals surface area contributed by atoms with Crippen molar-refractivity contribution in [3.63, 3.8) is 0 Å². The van der Waals surface area contributed by atoms with Gasteiger partial charge >= 0.3 is 0 Å². The third-order valence-electron chi connectivity index (χ3n) is 2.19. The second kappa shape index (κ2) is 5.34. The van der Waals surface area contributed by atoms with E-state index >= 15 is 0 Å². The van der Waals surface area contributed by atoms with E-state index in [4.69, 9.17) is 5.53 Å². The number of hydrogen-bond donors (Lipinski definition) is 2. The summed E-state index contributed by atoms with van der Waals surface area (Å²) in [5.41, 5.74) is 5.64. The molecule has 0 aromatic heterocycles. The summed E-state index contributed by atoms with van der Waals surface area (Å²) < 4.78 is 0. The maximum Gasteiger partial charge on any atom is 0.162 e. The Labute approximate surface area is 82.6 Å². The highest BCUT2D eigenvalue weighted by molar-refractivity contribution is 7.98. The van der Waals surface area contributed by atoms with Gasteiger partial charge < -0.3 is 5.11 Å². The molecule has 0 aromatic rings. The van der Waals surface area contributed by atoms with Gasteiger partial charge in [-0.3, -0.25) is 4.79 Å². The van der Waals surface area contributed by atoms with E-state index in [-0.39, 0.29) is 5.78 Å². The zero-order valence-corrected chi connectivity index (χ0v) is 9.02. The van der Waals surface area contributed by atoms with Crippen LogP contribution in [0, 0.1) is 5.53 Å². The van der Waals surface area contributed by atoms with Gasteiger partial charge in [-0.1, -0.05) is 0 Å². The van der Waals surface area contributed by atoms with E-state index in [1.54, 1.807) is 11.8 Å². The Balaban J connectivity index is 4.38. The summed E-state index contributed by atoms with van der Waals surface area (Å²) >= 11 is 1.59. The monoisotopic (exact) mass is 204 g/mol. The SMILES string of the molecule is CSCCC(O)C(C)(N=N)C(C)=O. The number of thioether (sulfide) groups is 1. The first kappa shape index (κ1) is 12.6. The highest BCUT2D eigenvalue weighted by Crippen LogP contribution is 2.20. The molecule has 0 aromatic carbocycles. The van der Waals surface area contributed by atoms with Crippen molar-refractivity contribution in [3.05, 3.63) is 0 Å². The molecule has 0 aliphatic heterocycles. The summed E-state index contributed by atoms with van der Waals surface area (Å²) in [5.74, 6) is 0.496. The third kappa shape index (κ3) is 3.08. The first-order valence-corrected chi connectivity index (χ1v) is 5.45. The topological polar surface area (TPSA) is 73.5 Å². The number of aliphatic hydroxyl groups is 1. The van der Waals surface area contributed by atoms with Crippen molar-refractivity contribution in [1.29, 1.82) is 5.53 Å². The van der Waals surface area contributed by atoms with Crippen molar-refractivity contribution in [2.45, 2.75) is 31.9 Å². The molecule has 0 radical (unpaired) electrons. The number of aliphatic hydroxyl groups excluding tert-OH is 1. The summed E-state index contributed by atoms with van der Waals surface area (Å²) in [6.45, 7) is 2.84. The fourth-order valence-corrected chi connectivity index (χ4v) is 1.36. The molecule has 0 rings (SSSR count). The lowest BCUT2D eigenvalue weighted by Crippen LogP contribution is -2.43. The van der Waals surface area contributed by atoms with Crippen LogP contribution in [0.3, 0.4) is 0 Å². The lowest BCUT2D eigenvalue weighted by atomic mass is 9.90. The van der Waals surface area contributed by atoms with Crippen LogP contribution in [-0.4, -0.2) is 34.5 Å². The first-order valence-electron chi connectivity index (χ1n) is 4.05. The Bertz CT molecular complexity index is 199. The van der Waals surface area contributed by atoms with Gasteiger partial charge in [-0.15, -0.1) is 0 Å². The number of carbonyl (C=O) groups excluding carboxylic acids is 1. The van der Waals surface area contributed by atoms with Crippen LogP contribution in [0.25, 0.3) is 0 Å². The Morgan fingerprint density at radius 3 is 2.62 bits per heavy atom. The normalized spacial score (nSPS) is 17.5. The first-order chi connectivity index (χ1) is 5.99. The molecule has 0 bridgehead atoms. The average molecular weight is 204 g/mol. The van der Waals surface area contributed by atoms with Gasteiger partial charge in [-0.2, -0.15) is 16.9 Å². The quantitative estimate of drug-likeness (QED) is 0.643. The number of nitrogens with one attached hydrogen (secondary N) is 1. The molecular formula is C8H16N2O2S. The van der Waals surface area contributed by atoms with Crippen LogP contribution in [0.4, 0.5) is 0 Å². The average Bonchev–Trinajstić information content (AvgIpc) is 2.12. The van der Waals surface area contributed by atoms with Crippen LogP contribution in [0.1, 0.15) is 20.3 Å². The molecule has 2 unspecified atom stereocenters. The molecule has 0 saturated carbocycles. The maximum atomic E-state index is 11.1. The van der Waals surface area contributed by atoms with E-state index < -0.39 is 11.6 Å². The van der Waals surface area contributed by atoms with Crippen LogP contribution in [0.15, 0.2) is 5.11 Å². The van der Waals surface area contributed by atoms with Gasteiger partial charge in [0, 0.05) is 0 Å². The Kier molecular flexibility index (Phi) is 5.17. The predicted octanol–water partition coefficient (Wildman–Crippen LogP) is 1.48. The molecule has 0 fully saturated rings. The molecule has 76 valence electrons. The van der Waals surface area contributed by atoms with E-state index in [0.29, 0.717) is 6.42 Å². The summed E-state index contributed by atoms with van der Waals surface area (Å²) in [6, 6.07) is 0. The Morgan fingerprint density at radius 1 is 1.77 bits per heavy atom. The minimum atomic E-state index is -1.25. The van der Waals surface area contributed by atoms with E-state index in [2.05, 4.69) is 5.11 Å². The predicted molar refractivity (Wildman–Crippen MR) is 53.2 cm³/mol. The van der Waals surface area contributed by atoms with Gasteiger partial charge in [-0.25, -0.2) is 5.53 Å². The second-order valence-electron chi connectivity index (χ2n) is 3.11. The molecule has 0 aliphatic carbocycles. The highest BCUT2D eigenvalue weighted by atomic mass is 32.2. The van der Waals surface area contributed by atoms with E-state index in [1.165, 1.54) is 13.8 Å². The van der Waals surface area contributed by atoms with Gasteiger partial charge in [0.2, 0.25) is 0 Å². The fourth-order valence-electron chi connectivity index (χ4n) is 0.898. The molecule has 4 nitrogen and oxygen atoms in total. The summed E-state index contributed by atoms with van der Waals surface area (Å²) in [7, 11) is 0. The number of nitrogens with zero attached hydrogens (tertiary/aromatic N) is 1. The molecule has 0 amide bonds. The summed E-state index contributed by atoms with van der Waals surface area (Å²) in [5, 5.41) is 12.8. The number of ketones is 1. The molecule has 0 aliphatic rings. The number of hydrogen-bond acceptors (Lipinski definition) is 5. The molecule has 0 saturated heterocycles. The third-order valence-corrected chi connectivity index (χ3v) is 2.83. The fraction of sp³-hybridized carbons (Fsp3) is 0.875. The summed E-state index contributed by atoms with van der Waals surface area (Å²) in [6.07, 6.45) is 1.56. The largest absolute Gasteiger partial charge is 0.390 e. The lowest BCUT2D eigenvalue weighted by molar-refractivity contribution is -0.125. The molecular weight excluding hydrogens is 188 g/mol. The summed E-state index contributed by atoms with van der Waals surface area (Å²) in [4.78, 5) is 11.1. The van der Waals surface area contributed by atoms with Gasteiger partial charge in [0.25, 0.3) is 0 Å². The van der Waals surface area contributed by atoms with Crippen molar-refractivity contribution < 1.29 is 9.90 Å². The zero-order valence-electron chi connectivity index (χ0n) is 8.20. The van der Waals surface area contributed by atoms with Crippen LogP contribution in [-0.2, 0) is 4.79 Å². The van der Waals surface area contributed by atoms with Gasteiger partial charge in [0.05, 0.1) is 6.10 Å². The molecule has 0 heterocycles. The minimum Gasteiger partial charge on any atom is -0.390 e. The zero-order chi connectivity index (χ0) is 10.5. The van der Waals surface area contributed by atoms with E-state index in [9.17, 15) is 9.90 Å². The Morgan fingerprint density at radius 2 is 2.31 bits per heavy atom. The standard InChI is InChI=1S/C8H16N2O2S/c1-6(11)8(2,10-9)7(12)4-5-13-3/h7,9,12H,4-5H2,1-3H3. The minimum absolute atomic E-state index is 0.267. The molecule has 2 atom stereocenters. The van der Waals surface area contributed by atoms with Crippen molar-refractivity contribution in [2.75, 3.05) is 12.0 Å². The molecule has 0 spiro atoms. The highest BCUT2D eigenvalue weighted by Gasteiger charge is 2.37. The van der Waals surface area contributed by atoms with Crippen LogP contribution < -0.4 is 0 Å². The van der Waals surface area contributed by atoms with Crippen LogP contribution in [0.5, 0.6) is 0 Å². The Hall–Kier alpha value is -0.420. The van der Waals surface area contributed by atoms with Crippen LogP contribution in [0.2, 0.25) is 0 Å². The van der Waals surface area contributed by atoms with Gasteiger partial charge in [-0.05, 0) is 32.3 Å². The number of carbonyl (C=O) groups is 1. The van der Waals surface area contributed by atoms with Crippen LogP contribution >= 0.6 is 11.8 Å². The second-order valence-corrected chi connectivity index (χ2v) is 4.10. The molecule has 13 heavy (non-hydrogen) atoms. The smallest absolute Gasteiger partial charge is 0.162 e. The lowest BCUT2D eigenvalue weighted by Gasteiger charge is -2.25. The number of Topliss-reactive ketones (excluding diaryl/α,β-unsaturated/α-hetero) is 1. The van der Waals surface area contributed by atoms with E-state index in [1.807, 2.05) is 6.26 Å². The molecule has 5 heteroatoms. The molecule has 2 N–H and O–H groups in total. The van der Waals surface area contributed by atoms with E-state index in [0.717, 1.165) is 5.75 Å². The van der Waals surface area contributed by atoms with Gasteiger partial charge in [0.15, 0.2) is 11.3 Å². The maximum absolute atomic E-state index is 11.1. The van der Waals surface area contributed by atoms with Crippen molar-refractivity contribution >= 4 is 17.5 Å². The van der Waals surface area contributed by atoms with Crippen molar-refractivity contribution in [1.82, 2.24) is 0 Å². The van der Waals surface area contributed by atoms with Crippen molar-refractivity contribution in [2.24, 2.45) is 5.11 Å². The van der Waals surface area contributed by atoms with Gasteiger partial charge in [0.1, 0.15) is 0 Å².